The molecule has 26 heavy (non-hydrogen) atoms. The van der Waals surface area contributed by atoms with Gasteiger partial charge in [-0.05, 0) is 31.5 Å². The summed E-state index contributed by atoms with van der Waals surface area (Å²) in [4.78, 5) is 12.5. The molecule has 4 rings (SSSR count). The monoisotopic (exact) mass is 347 g/mol. The Balaban J connectivity index is 1.84. The van der Waals surface area contributed by atoms with Crippen LogP contribution in [0.25, 0.3) is 5.69 Å². The number of amides is 1. The molecule has 1 aromatic heterocycles. The molecule has 1 aliphatic rings. The Hall–Kier alpha value is -3.08. The van der Waals surface area contributed by atoms with Crippen LogP contribution in [0.2, 0.25) is 0 Å². The molecule has 0 aliphatic carbocycles. The maximum absolute atomic E-state index is 12.5. The Morgan fingerprint density at radius 3 is 2.73 bits per heavy atom. The highest BCUT2D eigenvalue weighted by atomic mass is 16.5. The fraction of sp³-hybridized carbons (Fsp3) is 0.238. The molecule has 0 saturated heterocycles. The highest BCUT2D eigenvalue weighted by Crippen LogP contribution is 2.41. The van der Waals surface area contributed by atoms with E-state index in [4.69, 9.17) is 4.74 Å². The van der Waals surface area contributed by atoms with Gasteiger partial charge < -0.3 is 10.1 Å². The van der Waals surface area contributed by atoms with Crippen LogP contribution in [0.1, 0.15) is 36.0 Å². The number of para-hydroxylation sites is 2. The first-order chi connectivity index (χ1) is 12.7. The third-order valence-electron chi connectivity index (χ3n) is 4.76. The van der Waals surface area contributed by atoms with Crippen LogP contribution in [0.15, 0.2) is 54.7 Å². The average Bonchev–Trinajstić information content (AvgIpc) is 3.06. The molecule has 1 atom stereocenters. The van der Waals surface area contributed by atoms with E-state index in [1.807, 2.05) is 73.3 Å². The van der Waals surface area contributed by atoms with E-state index in [0.29, 0.717) is 13.0 Å². The maximum atomic E-state index is 12.5. The Morgan fingerprint density at radius 2 is 1.92 bits per heavy atom. The van der Waals surface area contributed by atoms with E-state index in [9.17, 15) is 4.79 Å². The van der Waals surface area contributed by atoms with Gasteiger partial charge in [0.2, 0.25) is 5.91 Å². The van der Waals surface area contributed by atoms with Crippen molar-refractivity contribution in [2.45, 2.75) is 26.2 Å². The molecule has 1 amide bonds. The molecule has 1 aliphatic heterocycles. The fourth-order valence-electron chi connectivity index (χ4n) is 3.54. The second kappa shape index (κ2) is 6.67. The van der Waals surface area contributed by atoms with Crippen molar-refractivity contribution in [3.8, 4) is 11.4 Å². The van der Waals surface area contributed by atoms with Gasteiger partial charge in [0.25, 0.3) is 0 Å². The van der Waals surface area contributed by atoms with E-state index in [1.54, 1.807) is 0 Å². The van der Waals surface area contributed by atoms with Crippen LogP contribution in [0.3, 0.4) is 0 Å². The molecule has 0 bridgehead atoms. The number of nitrogens with one attached hydrogen (secondary N) is 1. The molecule has 5 heteroatoms. The number of carbonyl (C=O) groups excluding carboxylic acids is 1. The lowest BCUT2D eigenvalue weighted by Gasteiger charge is -2.25. The van der Waals surface area contributed by atoms with Crippen LogP contribution in [0.4, 0.5) is 5.82 Å². The summed E-state index contributed by atoms with van der Waals surface area (Å²) in [5.41, 5.74) is 4.10. The Kier molecular flexibility index (Phi) is 4.21. The predicted octanol–water partition coefficient (Wildman–Crippen LogP) is 4.05. The second-order valence-corrected chi connectivity index (χ2v) is 6.42. The molecule has 0 saturated carbocycles. The van der Waals surface area contributed by atoms with Gasteiger partial charge in [0, 0.05) is 23.5 Å². The van der Waals surface area contributed by atoms with Crippen LogP contribution in [-0.4, -0.2) is 22.3 Å². The Bertz CT molecular complexity index is 961. The standard InChI is InChI=1S/C21H21N3O2/c1-3-26-19-11-7-5-9-15(19)16-12-20(25)23-21-17(16)13-22-24(21)18-10-6-4-8-14(18)2/h4-11,13,16H,3,12H2,1-2H3,(H,23,25). The summed E-state index contributed by atoms with van der Waals surface area (Å²) in [6.07, 6.45) is 2.24. The van der Waals surface area contributed by atoms with Gasteiger partial charge >= 0.3 is 0 Å². The number of ether oxygens (including phenoxy) is 1. The normalized spacial score (nSPS) is 16.1. The van der Waals surface area contributed by atoms with Crippen molar-refractivity contribution in [3.63, 3.8) is 0 Å². The lowest BCUT2D eigenvalue weighted by Crippen LogP contribution is -2.25. The average molecular weight is 347 g/mol. The molecule has 2 aromatic carbocycles. The molecule has 1 N–H and O–H groups in total. The molecule has 2 heterocycles. The molecule has 3 aromatic rings. The molecule has 0 radical (unpaired) electrons. The first-order valence-corrected chi connectivity index (χ1v) is 8.84. The fourth-order valence-corrected chi connectivity index (χ4v) is 3.54. The summed E-state index contributed by atoms with van der Waals surface area (Å²) >= 11 is 0. The molecule has 5 nitrogen and oxygen atoms in total. The van der Waals surface area contributed by atoms with Crippen molar-refractivity contribution >= 4 is 11.7 Å². The van der Waals surface area contributed by atoms with E-state index in [-0.39, 0.29) is 11.8 Å². The van der Waals surface area contributed by atoms with Crippen molar-refractivity contribution in [2.24, 2.45) is 0 Å². The van der Waals surface area contributed by atoms with E-state index in [0.717, 1.165) is 33.9 Å². The minimum atomic E-state index is -0.0701. The summed E-state index contributed by atoms with van der Waals surface area (Å²) in [5.74, 6) is 1.49. The third-order valence-corrected chi connectivity index (χ3v) is 4.76. The minimum Gasteiger partial charge on any atom is -0.494 e. The van der Waals surface area contributed by atoms with Crippen molar-refractivity contribution < 1.29 is 9.53 Å². The summed E-state index contributed by atoms with van der Waals surface area (Å²) in [6.45, 7) is 4.59. The van der Waals surface area contributed by atoms with Gasteiger partial charge in [0.05, 0.1) is 18.5 Å². The number of rotatable bonds is 4. The van der Waals surface area contributed by atoms with Crippen molar-refractivity contribution in [1.29, 1.82) is 0 Å². The lowest BCUT2D eigenvalue weighted by atomic mass is 9.87. The van der Waals surface area contributed by atoms with E-state index >= 15 is 0 Å². The zero-order valence-corrected chi connectivity index (χ0v) is 14.9. The predicted molar refractivity (Wildman–Crippen MR) is 101 cm³/mol. The first-order valence-electron chi connectivity index (χ1n) is 8.84. The topological polar surface area (TPSA) is 56.1 Å². The summed E-state index contributed by atoms with van der Waals surface area (Å²) in [6, 6.07) is 15.9. The van der Waals surface area contributed by atoms with Crippen molar-refractivity contribution in [3.05, 3.63) is 71.4 Å². The maximum Gasteiger partial charge on any atom is 0.226 e. The van der Waals surface area contributed by atoms with Crippen LogP contribution < -0.4 is 10.1 Å². The van der Waals surface area contributed by atoms with Gasteiger partial charge in [-0.3, -0.25) is 4.79 Å². The number of hydrogen-bond donors (Lipinski definition) is 1. The highest BCUT2D eigenvalue weighted by molar-refractivity contribution is 5.94. The molecule has 0 spiro atoms. The van der Waals surface area contributed by atoms with Crippen LogP contribution in [-0.2, 0) is 4.79 Å². The highest BCUT2D eigenvalue weighted by Gasteiger charge is 2.32. The van der Waals surface area contributed by atoms with Gasteiger partial charge in [-0.2, -0.15) is 5.10 Å². The van der Waals surface area contributed by atoms with Gasteiger partial charge in [-0.15, -0.1) is 0 Å². The number of aromatic nitrogens is 2. The van der Waals surface area contributed by atoms with Crippen LogP contribution in [0, 0.1) is 6.92 Å². The summed E-state index contributed by atoms with van der Waals surface area (Å²) in [5, 5.41) is 7.58. The second-order valence-electron chi connectivity index (χ2n) is 6.42. The number of nitrogens with zero attached hydrogens (tertiary/aromatic N) is 2. The van der Waals surface area contributed by atoms with Crippen molar-refractivity contribution in [2.75, 3.05) is 11.9 Å². The smallest absolute Gasteiger partial charge is 0.226 e. The van der Waals surface area contributed by atoms with Crippen molar-refractivity contribution in [1.82, 2.24) is 9.78 Å². The molecule has 0 fully saturated rings. The zero-order valence-electron chi connectivity index (χ0n) is 14.9. The zero-order chi connectivity index (χ0) is 18.1. The van der Waals surface area contributed by atoms with Crippen LogP contribution in [0.5, 0.6) is 5.75 Å². The van der Waals surface area contributed by atoms with E-state index < -0.39 is 0 Å². The number of hydrogen-bond acceptors (Lipinski definition) is 3. The Labute approximate surface area is 152 Å². The summed E-state index contributed by atoms with van der Waals surface area (Å²) in [7, 11) is 0. The van der Waals surface area contributed by atoms with Crippen LogP contribution >= 0.6 is 0 Å². The SMILES string of the molecule is CCOc1ccccc1C1CC(=O)Nc2c1cnn2-c1ccccc1C. The quantitative estimate of drug-likeness (QED) is 0.774. The number of aryl methyl sites for hydroxylation is 1. The molecule has 1 unspecified atom stereocenters. The molecular weight excluding hydrogens is 326 g/mol. The largest absolute Gasteiger partial charge is 0.494 e. The van der Waals surface area contributed by atoms with Gasteiger partial charge in [0.15, 0.2) is 0 Å². The minimum absolute atomic E-state index is 0.0101. The molecular formula is C21H21N3O2. The first kappa shape index (κ1) is 16.4. The van der Waals surface area contributed by atoms with Gasteiger partial charge in [-0.25, -0.2) is 4.68 Å². The molecule has 132 valence electrons. The summed E-state index contributed by atoms with van der Waals surface area (Å²) < 4.78 is 7.61. The number of carbonyl (C=O) groups is 1. The van der Waals surface area contributed by atoms with E-state index in [1.165, 1.54) is 0 Å². The van der Waals surface area contributed by atoms with E-state index in [2.05, 4.69) is 10.4 Å². The van der Waals surface area contributed by atoms with Gasteiger partial charge in [-0.1, -0.05) is 36.4 Å². The number of fused-ring (bicyclic) bond motifs is 1. The van der Waals surface area contributed by atoms with Gasteiger partial charge in [0.1, 0.15) is 11.6 Å². The Morgan fingerprint density at radius 1 is 1.15 bits per heavy atom. The third kappa shape index (κ3) is 2.75. The number of benzene rings is 2. The lowest BCUT2D eigenvalue weighted by molar-refractivity contribution is -0.116. The number of anilines is 1.